The fraction of sp³-hybridized carbons (Fsp3) is 0.700. The van der Waals surface area contributed by atoms with Crippen molar-refractivity contribution in [2.24, 2.45) is 0 Å². The van der Waals surface area contributed by atoms with Crippen LogP contribution in [0.2, 0.25) is 0 Å². The zero-order chi connectivity index (χ0) is 10.1. The summed E-state index contributed by atoms with van der Waals surface area (Å²) >= 11 is 5.24. The van der Waals surface area contributed by atoms with E-state index in [1.165, 1.54) is 19.3 Å². The van der Waals surface area contributed by atoms with E-state index >= 15 is 0 Å². The molecular weight excluding hydrogens is 194 g/mol. The summed E-state index contributed by atoms with van der Waals surface area (Å²) in [6, 6.07) is 1.17. The number of hydrogen-bond donors (Lipinski definition) is 1. The minimum atomic E-state index is 0.584. The van der Waals surface area contributed by atoms with E-state index in [-0.39, 0.29) is 0 Å². The first kappa shape index (κ1) is 9.77. The molecule has 14 heavy (non-hydrogen) atoms. The van der Waals surface area contributed by atoms with Crippen LogP contribution < -0.4 is 5.01 Å². The number of imidazole rings is 1. The molecule has 3 nitrogen and oxygen atoms in total. The maximum absolute atomic E-state index is 5.24. The van der Waals surface area contributed by atoms with Gasteiger partial charge in [-0.3, -0.25) is 0 Å². The van der Waals surface area contributed by atoms with E-state index in [0.29, 0.717) is 12.1 Å². The monoisotopic (exact) mass is 211 g/mol. The highest BCUT2D eigenvalue weighted by atomic mass is 32.1. The highest BCUT2D eigenvalue weighted by Crippen LogP contribution is 2.21. The average molecular weight is 211 g/mol. The fourth-order valence-corrected chi connectivity index (χ4v) is 2.55. The molecule has 2 heterocycles. The van der Waals surface area contributed by atoms with E-state index < -0.39 is 0 Å². The molecule has 1 aromatic heterocycles. The van der Waals surface area contributed by atoms with Gasteiger partial charge in [-0.25, -0.2) is 4.68 Å². The van der Waals surface area contributed by atoms with E-state index in [1.807, 2.05) is 12.4 Å². The predicted octanol–water partition coefficient (Wildman–Crippen LogP) is 2.44. The van der Waals surface area contributed by atoms with E-state index in [1.54, 1.807) is 0 Å². The zero-order valence-corrected chi connectivity index (χ0v) is 9.55. The number of H-pyrrole nitrogens is 1. The predicted molar refractivity (Wildman–Crippen MR) is 60.6 cm³/mol. The van der Waals surface area contributed by atoms with Crippen LogP contribution in [0.4, 0.5) is 0 Å². The van der Waals surface area contributed by atoms with Crippen molar-refractivity contribution < 1.29 is 0 Å². The Labute approximate surface area is 89.7 Å². The topological polar surface area (TPSA) is 24.0 Å². The number of piperidine rings is 1. The summed E-state index contributed by atoms with van der Waals surface area (Å²) < 4.78 is 2.87. The van der Waals surface area contributed by atoms with Crippen molar-refractivity contribution in [3.8, 4) is 0 Å². The van der Waals surface area contributed by atoms with Gasteiger partial charge in [0.2, 0.25) is 0 Å². The van der Waals surface area contributed by atoms with Gasteiger partial charge in [-0.15, -0.1) is 0 Å². The summed E-state index contributed by atoms with van der Waals surface area (Å²) in [6.07, 6.45) is 7.77. The third-order valence-corrected chi connectivity index (χ3v) is 3.33. The first-order valence-corrected chi connectivity index (χ1v) is 5.65. The Morgan fingerprint density at radius 1 is 1.36 bits per heavy atom. The Kier molecular flexibility index (Phi) is 2.63. The molecule has 0 saturated carbocycles. The van der Waals surface area contributed by atoms with Gasteiger partial charge in [-0.2, -0.15) is 0 Å². The van der Waals surface area contributed by atoms with E-state index in [4.69, 9.17) is 12.2 Å². The van der Waals surface area contributed by atoms with Crippen molar-refractivity contribution >= 4 is 12.2 Å². The first-order valence-electron chi connectivity index (χ1n) is 5.25. The summed E-state index contributed by atoms with van der Waals surface area (Å²) in [5.41, 5.74) is 0. The minimum Gasteiger partial charge on any atom is -0.336 e. The number of nitrogens with zero attached hydrogens (tertiary/aromatic N) is 2. The molecule has 0 amide bonds. The second-order valence-electron chi connectivity index (χ2n) is 4.12. The lowest BCUT2D eigenvalue weighted by molar-refractivity contribution is 0.334. The van der Waals surface area contributed by atoms with Gasteiger partial charge >= 0.3 is 0 Å². The van der Waals surface area contributed by atoms with Crippen molar-refractivity contribution in [3.63, 3.8) is 0 Å². The number of aromatic nitrogens is 2. The van der Waals surface area contributed by atoms with Crippen molar-refractivity contribution in [1.29, 1.82) is 0 Å². The Hall–Kier alpha value is -0.770. The Morgan fingerprint density at radius 3 is 2.50 bits per heavy atom. The van der Waals surface area contributed by atoms with Crippen molar-refractivity contribution in [1.82, 2.24) is 9.66 Å². The van der Waals surface area contributed by atoms with Gasteiger partial charge in [-0.1, -0.05) is 0 Å². The van der Waals surface area contributed by atoms with E-state index in [9.17, 15) is 0 Å². The Balaban J connectivity index is 2.31. The minimum absolute atomic E-state index is 0.584. The molecule has 2 rings (SSSR count). The van der Waals surface area contributed by atoms with Gasteiger partial charge in [0, 0.05) is 24.5 Å². The molecule has 0 spiro atoms. The lowest BCUT2D eigenvalue weighted by atomic mass is 10.00. The fourth-order valence-electron chi connectivity index (χ4n) is 2.33. The van der Waals surface area contributed by atoms with Gasteiger partial charge in [0.15, 0.2) is 4.77 Å². The molecule has 1 fully saturated rings. The average Bonchev–Trinajstić information content (AvgIpc) is 2.52. The van der Waals surface area contributed by atoms with Crippen LogP contribution in [0.3, 0.4) is 0 Å². The van der Waals surface area contributed by atoms with Gasteiger partial charge in [0.05, 0.1) is 0 Å². The van der Waals surface area contributed by atoms with E-state index in [2.05, 4.69) is 28.5 Å². The van der Waals surface area contributed by atoms with Gasteiger partial charge in [0.1, 0.15) is 0 Å². The van der Waals surface area contributed by atoms with Gasteiger partial charge in [-0.05, 0) is 45.3 Å². The smallest absolute Gasteiger partial charge is 0.196 e. The van der Waals surface area contributed by atoms with Crippen LogP contribution in [-0.4, -0.2) is 21.7 Å². The van der Waals surface area contributed by atoms with Crippen LogP contribution in [0.5, 0.6) is 0 Å². The molecule has 1 N–H and O–H groups in total. The highest BCUT2D eigenvalue weighted by Gasteiger charge is 2.24. The maximum atomic E-state index is 5.24. The lowest BCUT2D eigenvalue weighted by Crippen LogP contribution is -2.50. The van der Waals surface area contributed by atoms with Crippen LogP contribution >= 0.6 is 12.2 Å². The SMILES string of the molecule is CC1CCCC(C)N1n1cc[nH]c1=S. The molecule has 1 aromatic rings. The first-order chi connectivity index (χ1) is 6.70. The molecule has 1 aliphatic heterocycles. The quantitative estimate of drug-likeness (QED) is 0.721. The van der Waals surface area contributed by atoms with Crippen LogP contribution in [-0.2, 0) is 0 Å². The summed E-state index contributed by atoms with van der Waals surface area (Å²) in [5.74, 6) is 0. The van der Waals surface area contributed by atoms with Gasteiger partial charge < -0.3 is 9.99 Å². The molecule has 2 atom stereocenters. The molecule has 0 bridgehead atoms. The van der Waals surface area contributed by atoms with Crippen LogP contribution in [0.1, 0.15) is 33.1 Å². The molecule has 78 valence electrons. The van der Waals surface area contributed by atoms with Crippen molar-refractivity contribution in [2.45, 2.75) is 45.2 Å². The van der Waals surface area contributed by atoms with Crippen LogP contribution in [0.25, 0.3) is 0 Å². The number of hydrogen-bond acceptors (Lipinski definition) is 2. The largest absolute Gasteiger partial charge is 0.336 e. The van der Waals surface area contributed by atoms with Crippen molar-refractivity contribution in [2.75, 3.05) is 5.01 Å². The highest BCUT2D eigenvalue weighted by molar-refractivity contribution is 7.71. The van der Waals surface area contributed by atoms with Gasteiger partial charge in [0.25, 0.3) is 0 Å². The zero-order valence-electron chi connectivity index (χ0n) is 8.73. The van der Waals surface area contributed by atoms with Crippen LogP contribution in [0.15, 0.2) is 12.4 Å². The lowest BCUT2D eigenvalue weighted by Gasteiger charge is -2.40. The maximum Gasteiger partial charge on any atom is 0.196 e. The van der Waals surface area contributed by atoms with E-state index in [0.717, 1.165) is 4.77 Å². The normalized spacial score (nSPS) is 28.0. The Bertz CT molecular complexity index is 344. The molecule has 0 aliphatic carbocycles. The summed E-state index contributed by atoms with van der Waals surface area (Å²) in [6.45, 7) is 4.54. The molecular formula is C10H17N3S. The van der Waals surface area contributed by atoms with Crippen LogP contribution in [0, 0.1) is 4.77 Å². The van der Waals surface area contributed by atoms with Crippen molar-refractivity contribution in [3.05, 3.63) is 17.2 Å². The molecule has 0 aromatic carbocycles. The second-order valence-corrected chi connectivity index (χ2v) is 4.51. The number of rotatable bonds is 1. The third kappa shape index (κ3) is 1.59. The summed E-state index contributed by atoms with van der Waals surface area (Å²) in [4.78, 5) is 3.04. The second kappa shape index (κ2) is 3.77. The molecule has 1 saturated heterocycles. The molecule has 1 aliphatic rings. The number of nitrogens with one attached hydrogen (secondary N) is 1. The molecule has 2 unspecified atom stereocenters. The summed E-state index contributed by atoms with van der Waals surface area (Å²) in [7, 11) is 0. The summed E-state index contributed by atoms with van der Waals surface area (Å²) in [5, 5.41) is 2.38. The Morgan fingerprint density at radius 2 is 2.00 bits per heavy atom. The third-order valence-electron chi connectivity index (χ3n) is 3.03. The molecule has 0 radical (unpaired) electrons. The standard InChI is InChI=1S/C10H17N3S/c1-8-4-3-5-9(2)13(8)12-7-6-11-10(12)14/h6-9H,3-5H2,1-2H3,(H,11,14). The molecule has 4 heteroatoms. The number of aromatic amines is 1.